The van der Waals surface area contributed by atoms with Crippen LogP contribution >= 0.6 is 11.8 Å². The Bertz CT molecular complexity index is 477. The van der Waals surface area contributed by atoms with E-state index in [1.54, 1.807) is 0 Å². The van der Waals surface area contributed by atoms with Crippen LogP contribution in [0.3, 0.4) is 0 Å². The highest BCUT2D eigenvalue weighted by molar-refractivity contribution is 7.99. The summed E-state index contributed by atoms with van der Waals surface area (Å²) in [7, 11) is 0. The van der Waals surface area contributed by atoms with E-state index >= 15 is 0 Å². The first kappa shape index (κ1) is 15.3. The van der Waals surface area contributed by atoms with Crippen LogP contribution in [0, 0.1) is 11.7 Å². The summed E-state index contributed by atoms with van der Waals surface area (Å²) in [5.74, 6) is 2.55. The molecule has 116 valence electrons. The molecule has 2 aliphatic rings. The number of nitrogens with two attached hydrogens (primary N) is 1. The Kier molecular flexibility index (Phi) is 4.30. The third kappa shape index (κ3) is 3.13. The molecule has 0 amide bonds. The van der Waals surface area contributed by atoms with Crippen LogP contribution in [0.4, 0.5) is 4.39 Å². The van der Waals surface area contributed by atoms with Gasteiger partial charge in [0.2, 0.25) is 0 Å². The van der Waals surface area contributed by atoms with Crippen LogP contribution in [0.5, 0.6) is 0 Å². The molecule has 0 radical (unpaired) electrons. The maximum Gasteiger partial charge on any atom is 0.123 e. The Morgan fingerprint density at radius 2 is 1.95 bits per heavy atom. The predicted molar refractivity (Wildman–Crippen MR) is 85.9 cm³/mol. The molecule has 1 aromatic rings. The molecule has 0 bridgehead atoms. The first-order valence-electron chi connectivity index (χ1n) is 7.79. The van der Waals surface area contributed by atoms with Gasteiger partial charge in [0.25, 0.3) is 0 Å². The molecule has 2 aliphatic heterocycles. The molecule has 2 N–H and O–H groups in total. The predicted octanol–water partition coefficient (Wildman–Crippen LogP) is 3.69. The SMILES string of the molecule is CC(N)(c1ccc(F)cc1)C1CCOC2(CCSCC2)C1. The zero-order chi connectivity index (χ0) is 14.9. The van der Waals surface area contributed by atoms with Gasteiger partial charge in [-0.1, -0.05) is 12.1 Å². The Morgan fingerprint density at radius 3 is 2.62 bits per heavy atom. The fourth-order valence-electron chi connectivity index (χ4n) is 3.68. The van der Waals surface area contributed by atoms with E-state index < -0.39 is 5.54 Å². The zero-order valence-corrected chi connectivity index (χ0v) is 13.4. The molecule has 1 aromatic carbocycles. The zero-order valence-electron chi connectivity index (χ0n) is 12.6. The third-order valence-corrected chi connectivity index (χ3v) is 6.20. The Hall–Kier alpha value is -0.580. The molecule has 0 aromatic heterocycles. The standard InChI is InChI=1S/C17H24FNOS/c1-16(19,13-2-4-15(18)5-3-13)14-6-9-20-17(12-14)7-10-21-11-8-17/h2-5,14H,6-12,19H2,1H3. The lowest BCUT2D eigenvalue weighted by Crippen LogP contribution is -2.51. The van der Waals surface area contributed by atoms with Gasteiger partial charge >= 0.3 is 0 Å². The van der Waals surface area contributed by atoms with Crippen molar-refractivity contribution >= 4 is 11.8 Å². The van der Waals surface area contributed by atoms with Gasteiger partial charge < -0.3 is 10.5 Å². The van der Waals surface area contributed by atoms with Crippen LogP contribution in [0.1, 0.15) is 38.2 Å². The van der Waals surface area contributed by atoms with Crippen LogP contribution in [0.2, 0.25) is 0 Å². The van der Waals surface area contributed by atoms with Gasteiger partial charge in [-0.3, -0.25) is 0 Å². The number of halogens is 1. The second-order valence-electron chi connectivity index (χ2n) is 6.62. The fourth-order valence-corrected chi connectivity index (χ4v) is 4.91. The molecule has 2 unspecified atom stereocenters. The van der Waals surface area contributed by atoms with Gasteiger partial charge in [-0.05, 0) is 67.7 Å². The van der Waals surface area contributed by atoms with E-state index in [0.717, 1.165) is 37.9 Å². The summed E-state index contributed by atoms with van der Waals surface area (Å²) in [5.41, 5.74) is 7.31. The van der Waals surface area contributed by atoms with Crippen molar-refractivity contribution in [3.05, 3.63) is 35.6 Å². The molecule has 4 heteroatoms. The van der Waals surface area contributed by atoms with Crippen LogP contribution in [0.25, 0.3) is 0 Å². The van der Waals surface area contributed by atoms with Crippen LogP contribution < -0.4 is 5.73 Å². The molecule has 21 heavy (non-hydrogen) atoms. The lowest BCUT2D eigenvalue weighted by Gasteiger charge is -2.48. The highest BCUT2D eigenvalue weighted by Gasteiger charge is 2.44. The van der Waals surface area contributed by atoms with E-state index in [1.165, 1.54) is 23.6 Å². The van der Waals surface area contributed by atoms with Crippen molar-refractivity contribution in [2.75, 3.05) is 18.1 Å². The van der Waals surface area contributed by atoms with E-state index in [2.05, 4.69) is 6.92 Å². The third-order valence-electron chi connectivity index (χ3n) is 5.21. The fraction of sp³-hybridized carbons (Fsp3) is 0.647. The van der Waals surface area contributed by atoms with Gasteiger partial charge in [-0.15, -0.1) is 0 Å². The summed E-state index contributed by atoms with van der Waals surface area (Å²) in [6.07, 6.45) is 4.28. The number of hydrogen-bond donors (Lipinski definition) is 1. The minimum Gasteiger partial charge on any atom is -0.375 e. The summed E-state index contributed by atoms with van der Waals surface area (Å²) >= 11 is 2.02. The van der Waals surface area contributed by atoms with Crippen molar-refractivity contribution in [2.24, 2.45) is 11.7 Å². The van der Waals surface area contributed by atoms with Crippen LogP contribution in [-0.4, -0.2) is 23.7 Å². The number of thioether (sulfide) groups is 1. The van der Waals surface area contributed by atoms with Crippen molar-refractivity contribution in [3.8, 4) is 0 Å². The second-order valence-corrected chi connectivity index (χ2v) is 7.85. The van der Waals surface area contributed by atoms with Crippen LogP contribution in [0.15, 0.2) is 24.3 Å². The van der Waals surface area contributed by atoms with Gasteiger partial charge in [0.15, 0.2) is 0 Å². The minimum atomic E-state index is -0.422. The summed E-state index contributed by atoms with van der Waals surface area (Å²) in [6.45, 7) is 2.88. The molecule has 2 heterocycles. The molecule has 2 saturated heterocycles. The van der Waals surface area contributed by atoms with Crippen molar-refractivity contribution in [2.45, 2.75) is 43.7 Å². The van der Waals surface area contributed by atoms with E-state index in [4.69, 9.17) is 10.5 Å². The highest BCUT2D eigenvalue weighted by Crippen LogP contribution is 2.44. The van der Waals surface area contributed by atoms with Crippen LogP contribution in [-0.2, 0) is 10.3 Å². The molecular formula is C17H24FNOS. The summed E-state index contributed by atoms with van der Waals surface area (Å²) in [5, 5.41) is 0. The van der Waals surface area contributed by atoms with Crippen molar-refractivity contribution in [1.82, 2.24) is 0 Å². The van der Waals surface area contributed by atoms with E-state index in [1.807, 2.05) is 23.9 Å². The molecule has 0 saturated carbocycles. The Morgan fingerprint density at radius 1 is 1.29 bits per heavy atom. The average molecular weight is 309 g/mol. The van der Waals surface area contributed by atoms with E-state index in [9.17, 15) is 4.39 Å². The van der Waals surface area contributed by atoms with E-state index in [-0.39, 0.29) is 11.4 Å². The Labute approximate surface area is 130 Å². The lowest BCUT2D eigenvalue weighted by atomic mass is 9.70. The van der Waals surface area contributed by atoms with Gasteiger partial charge in [0.1, 0.15) is 5.82 Å². The highest BCUT2D eigenvalue weighted by atomic mass is 32.2. The quantitative estimate of drug-likeness (QED) is 0.905. The monoisotopic (exact) mass is 309 g/mol. The molecular weight excluding hydrogens is 285 g/mol. The van der Waals surface area contributed by atoms with Gasteiger partial charge in [0, 0.05) is 12.1 Å². The number of rotatable bonds is 2. The smallest absolute Gasteiger partial charge is 0.123 e. The lowest BCUT2D eigenvalue weighted by molar-refractivity contribution is -0.113. The maximum absolute atomic E-state index is 13.1. The van der Waals surface area contributed by atoms with Crippen molar-refractivity contribution in [1.29, 1.82) is 0 Å². The minimum absolute atomic E-state index is 0.0365. The van der Waals surface area contributed by atoms with Crippen molar-refractivity contribution in [3.63, 3.8) is 0 Å². The maximum atomic E-state index is 13.1. The molecule has 2 nitrogen and oxygen atoms in total. The molecule has 0 aliphatic carbocycles. The first-order chi connectivity index (χ1) is 10.0. The molecule has 1 spiro atoms. The van der Waals surface area contributed by atoms with Gasteiger partial charge in [0.05, 0.1) is 5.60 Å². The largest absolute Gasteiger partial charge is 0.375 e. The number of benzene rings is 1. The molecule has 2 fully saturated rings. The average Bonchev–Trinajstić information content (AvgIpc) is 2.48. The molecule has 3 rings (SSSR count). The normalized spacial score (nSPS) is 28.2. The van der Waals surface area contributed by atoms with E-state index in [0.29, 0.717) is 5.92 Å². The summed E-state index contributed by atoms with van der Waals surface area (Å²) in [6, 6.07) is 6.67. The van der Waals surface area contributed by atoms with Gasteiger partial charge in [-0.2, -0.15) is 11.8 Å². The summed E-state index contributed by atoms with van der Waals surface area (Å²) in [4.78, 5) is 0. The topological polar surface area (TPSA) is 35.2 Å². The van der Waals surface area contributed by atoms with Crippen molar-refractivity contribution < 1.29 is 9.13 Å². The summed E-state index contributed by atoms with van der Waals surface area (Å²) < 4.78 is 19.3. The Balaban J connectivity index is 1.79. The first-order valence-corrected chi connectivity index (χ1v) is 8.94. The van der Waals surface area contributed by atoms with Gasteiger partial charge in [-0.25, -0.2) is 4.39 Å². The number of hydrogen-bond acceptors (Lipinski definition) is 3. The number of ether oxygens (including phenoxy) is 1. The second kappa shape index (κ2) is 5.90. The molecule has 2 atom stereocenters.